The molecule has 13 heteroatoms. The van der Waals surface area contributed by atoms with Crippen LogP contribution in [0.1, 0.15) is 206 Å². The maximum atomic E-state index is 12.8. The summed E-state index contributed by atoms with van der Waals surface area (Å²) in [7, 11) is -4.61. The summed E-state index contributed by atoms with van der Waals surface area (Å²) in [5.74, 6) is -2.01. The van der Waals surface area contributed by atoms with Crippen molar-refractivity contribution in [3.63, 3.8) is 0 Å². The van der Waals surface area contributed by atoms with E-state index in [9.17, 15) is 37.9 Å². The van der Waals surface area contributed by atoms with E-state index < -0.39 is 71.2 Å². The van der Waals surface area contributed by atoms with Crippen molar-refractivity contribution in [2.24, 2.45) is 0 Å². The maximum absolute atomic E-state index is 12.8. The third-order valence-electron chi connectivity index (χ3n) is 11.4. The summed E-state index contributed by atoms with van der Waals surface area (Å²) in [4.78, 5) is 25.5. The molecule has 1 heterocycles. The molecule has 0 radical (unpaired) electrons. The quantitative estimate of drug-likeness (QED) is 0.0197. The minimum atomic E-state index is -4.61. The number of esters is 2. The Balaban J connectivity index is 2.41. The van der Waals surface area contributed by atoms with E-state index in [1.165, 1.54) is 103 Å². The van der Waals surface area contributed by atoms with Crippen molar-refractivity contribution < 1.29 is 56.8 Å². The van der Waals surface area contributed by atoms with Gasteiger partial charge in [-0.15, -0.1) is 0 Å². The van der Waals surface area contributed by atoms with E-state index in [1.54, 1.807) is 0 Å². The third-order valence-corrected chi connectivity index (χ3v) is 12.1. The van der Waals surface area contributed by atoms with Crippen LogP contribution in [0.3, 0.4) is 0 Å². The van der Waals surface area contributed by atoms with Crippen LogP contribution in [-0.4, -0.2) is 96.0 Å². The molecule has 1 saturated heterocycles. The van der Waals surface area contributed by atoms with Crippen LogP contribution in [-0.2, 0) is 38.7 Å². The second kappa shape index (κ2) is 40.8. The highest BCUT2D eigenvalue weighted by atomic mass is 32.2. The molecule has 0 aromatic carbocycles. The lowest BCUT2D eigenvalue weighted by Gasteiger charge is -2.40. The van der Waals surface area contributed by atoms with Crippen LogP contribution < -0.4 is 0 Å². The topological polar surface area (TPSA) is 186 Å². The van der Waals surface area contributed by atoms with E-state index in [0.717, 1.165) is 64.2 Å². The van der Waals surface area contributed by atoms with Gasteiger partial charge in [-0.05, 0) is 77.0 Å². The number of rotatable bonds is 42. The van der Waals surface area contributed by atoms with Crippen LogP contribution in [0.2, 0.25) is 0 Å². The zero-order chi connectivity index (χ0) is 46.9. The molecule has 0 amide bonds. The highest BCUT2D eigenvalue weighted by Gasteiger charge is 2.46. The van der Waals surface area contributed by atoms with Crippen molar-refractivity contribution in [1.82, 2.24) is 0 Å². The van der Waals surface area contributed by atoms with Crippen molar-refractivity contribution >= 4 is 22.1 Å². The van der Waals surface area contributed by atoms with Crippen LogP contribution in [0.15, 0.2) is 48.6 Å². The van der Waals surface area contributed by atoms with Crippen LogP contribution in [0.4, 0.5) is 0 Å². The van der Waals surface area contributed by atoms with E-state index >= 15 is 0 Å². The minimum Gasteiger partial charge on any atom is -0.462 e. The summed E-state index contributed by atoms with van der Waals surface area (Å²) in [6.45, 7) is 3.72. The van der Waals surface area contributed by atoms with Gasteiger partial charge < -0.3 is 34.3 Å². The first-order chi connectivity index (χ1) is 31.0. The van der Waals surface area contributed by atoms with Gasteiger partial charge in [-0.2, -0.15) is 8.42 Å². The van der Waals surface area contributed by atoms with E-state index in [1.807, 2.05) is 0 Å². The molecule has 372 valence electrons. The van der Waals surface area contributed by atoms with Crippen LogP contribution in [0.25, 0.3) is 0 Å². The predicted octanol–water partition coefficient (Wildman–Crippen LogP) is 11.1. The molecule has 12 nitrogen and oxygen atoms in total. The molecule has 0 spiro atoms. The molecule has 64 heavy (non-hydrogen) atoms. The lowest BCUT2D eigenvalue weighted by atomic mass is 10.00. The van der Waals surface area contributed by atoms with Crippen molar-refractivity contribution in [2.45, 2.75) is 243 Å². The van der Waals surface area contributed by atoms with Crippen LogP contribution in [0, 0.1) is 0 Å². The number of aliphatic hydroxyl groups is 3. The third kappa shape index (κ3) is 34.9. The van der Waals surface area contributed by atoms with Gasteiger partial charge in [-0.3, -0.25) is 14.1 Å². The largest absolute Gasteiger partial charge is 0.462 e. The van der Waals surface area contributed by atoms with Crippen molar-refractivity contribution in [1.29, 1.82) is 0 Å². The van der Waals surface area contributed by atoms with Gasteiger partial charge in [0, 0.05) is 12.8 Å². The molecule has 0 aliphatic carbocycles. The molecule has 1 fully saturated rings. The summed E-state index contributed by atoms with van der Waals surface area (Å²) in [5, 5.41) is 31.0. The highest BCUT2D eigenvalue weighted by Crippen LogP contribution is 2.24. The molecule has 1 aliphatic rings. The van der Waals surface area contributed by atoms with Gasteiger partial charge in [0.25, 0.3) is 10.1 Å². The Labute approximate surface area is 388 Å². The van der Waals surface area contributed by atoms with Gasteiger partial charge >= 0.3 is 11.9 Å². The van der Waals surface area contributed by atoms with Crippen molar-refractivity contribution in [2.75, 3.05) is 19.0 Å². The van der Waals surface area contributed by atoms with Crippen molar-refractivity contribution in [3.05, 3.63) is 48.6 Å². The molecule has 0 aromatic rings. The zero-order valence-electron chi connectivity index (χ0n) is 39.9. The average molecular weight is 927 g/mol. The van der Waals surface area contributed by atoms with Gasteiger partial charge in [0.1, 0.15) is 36.8 Å². The van der Waals surface area contributed by atoms with E-state index in [4.69, 9.17) is 18.9 Å². The molecule has 4 N–H and O–H groups in total. The first kappa shape index (κ1) is 59.6. The van der Waals surface area contributed by atoms with Crippen molar-refractivity contribution in [3.8, 4) is 0 Å². The summed E-state index contributed by atoms with van der Waals surface area (Å²) >= 11 is 0. The van der Waals surface area contributed by atoms with Gasteiger partial charge in [0.2, 0.25) is 0 Å². The Morgan fingerprint density at radius 1 is 0.531 bits per heavy atom. The number of hydrogen-bond acceptors (Lipinski definition) is 11. The normalized spacial score (nSPS) is 20.0. The molecular weight excluding hydrogens is 837 g/mol. The smallest absolute Gasteiger partial charge is 0.306 e. The average Bonchev–Trinajstić information content (AvgIpc) is 3.26. The second-order valence-electron chi connectivity index (χ2n) is 17.5. The minimum absolute atomic E-state index is 0.138. The molecular formula is C51H90O12S. The number of unbranched alkanes of at least 4 members (excludes halogenated alkanes) is 22. The highest BCUT2D eigenvalue weighted by molar-refractivity contribution is 7.85. The molecule has 0 bridgehead atoms. The second-order valence-corrected chi connectivity index (χ2v) is 19.0. The van der Waals surface area contributed by atoms with E-state index in [-0.39, 0.29) is 19.4 Å². The lowest BCUT2D eigenvalue weighted by molar-refractivity contribution is -0.297. The fourth-order valence-corrected chi connectivity index (χ4v) is 8.13. The summed E-state index contributed by atoms with van der Waals surface area (Å²) in [5.41, 5.74) is 0. The van der Waals surface area contributed by atoms with E-state index in [0.29, 0.717) is 12.8 Å². The molecule has 6 atom stereocenters. The summed E-state index contributed by atoms with van der Waals surface area (Å²) in [6.07, 6.45) is 40.0. The Morgan fingerprint density at radius 2 is 0.938 bits per heavy atom. The monoisotopic (exact) mass is 927 g/mol. The van der Waals surface area contributed by atoms with Gasteiger partial charge in [-0.1, -0.05) is 165 Å². The van der Waals surface area contributed by atoms with Crippen LogP contribution >= 0.6 is 0 Å². The van der Waals surface area contributed by atoms with Gasteiger partial charge in [0.05, 0.1) is 6.61 Å². The zero-order valence-corrected chi connectivity index (χ0v) is 40.7. The number of carbonyl (C=O) groups is 2. The maximum Gasteiger partial charge on any atom is 0.306 e. The first-order valence-electron chi connectivity index (χ1n) is 25.2. The fraction of sp³-hybridized carbons (Fsp3) is 0.804. The van der Waals surface area contributed by atoms with Gasteiger partial charge in [-0.25, -0.2) is 0 Å². The molecule has 1 aliphatic heterocycles. The Hall–Kier alpha value is -2.39. The standard InChI is InChI=1S/C51H90O12S/c1-3-5-7-9-11-13-15-17-19-21-22-24-25-27-29-31-33-35-37-39-46(52)60-41-44(42-61-51-50(56)49(55)48(54)45(63-51)43-64(57,58)59)62-47(53)40-38-36-34-32-30-28-26-23-20-18-16-14-12-10-8-6-4-2/h12,14,17-20,26,28,44-45,48-51,54-56H,3-11,13,15-16,21-25,27,29-43H2,1-2H3,(H,57,58,59)/b14-12+,19-17+,20-18+,28-26+/t44-,45-,48-,49?,50?,51+/m1/s1. The number of carbonyl (C=O) groups excluding carboxylic acids is 2. The Kier molecular flexibility index (Phi) is 38.1. The molecule has 2 unspecified atom stereocenters. The lowest BCUT2D eigenvalue weighted by Crippen LogP contribution is -2.60. The number of allylic oxidation sites excluding steroid dienone is 8. The molecule has 1 rings (SSSR count). The summed E-state index contributed by atoms with van der Waals surface area (Å²) in [6, 6.07) is 0. The SMILES string of the molecule is CCCCC/C=C/C/C=C/C/C=C/CCCCCCC(=O)O[C@H](COC(=O)CCCCCCCCCCC/C=C/CCCCCCCC)CO[C@H]1O[C@H](CS(=O)(=O)O)[C@@H](O)C(O)C1O. The van der Waals surface area contributed by atoms with Gasteiger partial charge in [0.15, 0.2) is 12.4 Å². The number of ether oxygens (including phenoxy) is 4. The van der Waals surface area contributed by atoms with E-state index in [2.05, 4.69) is 62.5 Å². The Bertz CT molecular complexity index is 1360. The van der Waals surface area contributed by atoms with Crippen LogP contribution in [0.5, 0.6) is 0 Å². The molecule has 0 aromatic heterocycles. The Morgan fingerprint density at radius 3 is 1.44 bits per heavy atom. The predicted molar refractivity (Wildman–Crippen MR) is 256 cm³/mol. The molecule has 0 saturated carbocycles. The first-order valence-corrected chi connectivity index (χ1v) is 26.8. The summed E-state index contributed by atoms with van der Waals surface area (Å²) < 4.78 is 54.2. The number of hydrogen-bond donors (Lipinski definition) is 4. The fourth-order valence-electron chi connectivity index (χ4n) is 7.44. The number of aliphatic hydroxyl groups excluding tert-OH is 3.